The smallest absolute Gasteiger partial charge is 0.143 e. The summed E-state index contributed by atoms with van der Waals surface area (Å²) in [6.07, 6.45) is 5.49. The third-order valence-electron chi connectivity index (χ3n) is 4.23. The van der Waals surface area contributed by atoms with Crippen molar-refractivity contribution in [1.29, 1.82) is 0 Å². The Bertz CT molecular complexity index is 946. The second-order valence-electron chi connectivity index (χ2n) is 7.70. The lowest BCUT2D eigenvalue weighted by molar-refractivity contribution is 0.0816. The fraction of sp³-hybridized carbons (Fsp3) is 0.286. The highest BCUT2D eigenvalue weighted by atomic mass is 28.3. The molecule has 5 heteroatoms. The van der Waals surface area contributed by atoms with Gasteiger partial charge in [0.25, 0.3) is 0 Å². The minimum absolute atomic E-state index is 0.423. The lowest BCUT2D eigenvalue weighted by atomic mass is 10.2. The first kappa shape index (κ1) is 18.2. The van der Waals surface area contributed by atoms with Gasteiger partial charge in [-0.15, -0.1) is 6.42 Å². The van der Waals surface area contributed by atoms with Crippen LogP contribution in [0.3, 0.4) is 0 Å². The third-order valence-corrected chi connectivity index (χ3v) is 5.94. The first-order chi connectivity index (χ1) is 12.4. The zero-order chi connectivity index (χ0) is 18.7. The number of hydrogen-bond acceptors (Lipinski definition) is 3. The molecule has 0 fully saturated rings. The van der Waals surface area contributed by atoms with Crippen LogP contribution in [0.15, 0.2) is 42.5 Å². The predicted molar refractivity (Wildman–Crippen MR) is 112 cm³/mol. The minimum Gasteiger partial charge on any atom is -0.399 e. The molecule has 26 heavy (non-hydrogen) atoms. The molecular formula is C21H25N3OSi. The number of fused-ring (bicyclic) bond motifs is 2. The van der Waals surface area contributed by atoms with Gasteiger partial charge in [-0.25, -0.2) is 4.68 Å². The van der Waals surface area contributed by atoms with Crippen molar-refractivity contribution in [2.45, 2.75) is 32.4 Å². The van der Waals surface area contributed by atoms with Crippen LogP contribution in [-0.2, 0) is 11.5 Å². The highest BCUT2D eigenvalue weighted by Gasteiger charge is 2.13. The van der Waals surface area contributed by atoms with Crippen molar-refractivity contribution < 1.29 is 4.74 Å². The van der Waals surface area contributed by atoms with Crippen LogP contribution >= 0.6 is 0 Å². The quantitative estimate of drug-likeness (QED) is 0.244. The Kier molecular flexibility index (Phi) is 5.17. The van der Waals surface area contributed by atoms with E-state index in [0.717, 1.165) is 23.6 Å². The maximum Gasteiger partial charge on any atom is 0.143 e. The van der Waals surface area contributed by atoms with Crippen molar-refractivity contribution in [3.63, 3.8) is 0 Å². The molecule has 4 rings (SSSR count). The fourth-order valence-electron chi connectivity index (χ4n) is 2.61. The van der Waals surface area contributed by atoms with E-state index in [1.807, 2.05) is 18.2 Å². The van der Waals surface area contributed by atoms with Gasteiger partial charge in [-0.05, 0) is 47.4 Å². The second-order valence-corrected chi connectivity index (χ2v) is 13.3. The van der Waals surface area contributed by atoms with Crippen molar-refractivity contribution in [1.82, 2.24) is 9.78 Å². The summed E-state index contributed by atoms with van der Waals surface area (Å²) < 4.78 is 7.53. The molecule has 2 N–H and O–H groups in total. The number of hydrogen-bond donors (Lipinski definition) is 1. The summed E-state index contributed by atoms with van der Waals surface area (Å²) in [7, 11) is -1.06. The van der Waals surface area contributed by atoms with Crippen LogP contribution in [0.25, 0.3) is 22.0 Å². The summed E-state index contributed by atoms with van der Waals surface area (Å²) in [6.45, 7) is 8.18. The number of rotatable bonds is 5. The Labute approximate surface area is 156 Å². The van der Waals surface area contributed by atoms with Crippen LogP contribution in [0.5, 0.6) is 0 Å². The number of anilines is 1. The Morgan fingerprint density at radius 2 is 1.88 bits per heavy atom. The largest absolute Gasteiger partial charge is 0.399 e. The first-order valence-electron chi connectivity index (χ1n) is 8.78. The van der Waals surface area contributed by atoms with Gasteiger partial charge < -0.3 is 10.5 Å². The van der Waals surface area contributed by atoms with E-state index in [2.05, 4.69) is 54.9 Å². The average Bonchev–Trinajstić information content (AvgIpc) is 3.03. The zero-order valence-corrected chi connectivity index (χ0v) is 16.6. The molecule has 2 aliphatic rings. The molecular weight excluding hydrogens is 338 g/mol. The van der Waals surface area contributed by atoms with Crippen LogP contribution in [-0.4, -0.2) is 24.5 Å². The number of ether oxygens (including phenoxy) is 1. The Morgan fingerprint density at radius 3 is 2.42 bits per heavy atom. The molecule has 0 radical (unpaired) electrons. The maximum atomic E-state index is 5.79. The third kappa shape index (κ3) is 4.54. The van der Waals surface area contributed by atoms with E-state index in [4.69, 9.17) is 16.9 Å². The van der Waals surface area contributed by atoms with Gasteiger partial charge in [0, 0.05) is 25.8 Å². The minimum atomic E-state index is -1.06. The number of terminal acetylenes is 1. The summed E-state index contributed by atoms with van der Waals surface area (Å²) in [4.78, 5) is 0. The molecule has 0 saturated carbocycles. The normalized spacial score (nSPS) is 11.6. The topological polar surface area (TPSA) is 53.1 Å². The number of aromatic nitrogens is 2. The molecule has 4 nitrogen and oxygen atoms in total. The van der Waals surface area contributed by atoms with Gasteiger partial charge in [0.2, 0.25) is 0 Å². The molecule has 2 aliphatic carbocycles. The van der Waals surface area contributed by atoms with Crippen LogP contribution in [0.4, 0.5) is 5.69 Å². The Morgan fingerprint density at radius 1 is 1.15 bits per heavy atom. The Hall–Kier alpha value is -2.55. The summed E-state index contributed by atoms with van der Waals surface area (Å²) in [5.74, 6) is 2.60. The van der Waals surface area contributed by atoms with E-state index < -0.39 is 8.07 Å². The van der Waals surface area contributed by atoms with E-state index in [1.54, 1.807) is 4.68 Å². The van der Waals surface area contributed by atoms with Crippen molar-refractivity contribution in [2.24, 2.45) is 0 Å². The Balaban J connectivity index is 0.000000269. The molecule has 1 aromatic heterocycles. The lowest BCUT2D eigenvalue weighted by Crippen LogP contribution is -2.22. The molecule has 0 unspecified atom stereocenters. The van der Waals surface area contributed by atoms with E-state index in [9.17, 15) is 0 Å². The summed E-state index contributed by atoms with van der Waals surface area (Å²) >= 11 is 0. The zero-order valence-electron chi connectivity index (χ0n) is 15.6. The van der Waals surface area contributed by atoms with Crippen LogP contribution in [0, 0.1) is 12.3 Å². The molecule has 0 aliphatic heterocycles. The molecule has 0 amide bonds. The molecule has 0 bridgehead atoms. The van der Waals surface area contributed by atoms with Gasteiger partial charge in [0.05, 0.1) is 5.52 Å². The summed E-state index contributed by atoms with van der Waals surface area (Å²) in [5, 5.41) is 5.30. The molecule has 0 spiro atoms. The van der Waals surface area contributed by atoms with Crippen LogP contribution in [0.1, 0.15) is 5.69 Å². The fourth-order valence-corrected chi connectivity index (χ4v) is 3.36. The molecule has 0 atom stereocenters. The monoisotopic (exact) mass is 363 g/mol. The van der Waals surface area contributed by atoms with Gasteiger partial charge in [0.15, 0.2) is 0 Å². The van der Waals surface area contributed by atoms with Crippen molar-refractivity contribution in [3.8, 4) is 23.5 Å². The number of nitrogens with two attached hydrogens (primary N) is 1. The highest BCUT2D eigenvalue weighted by molar-refractivity contribution is 6.76. The summed E-state index contributed by atoms with van der Waals surface area (Å²) in [6, 6.07) is 15.3. The first-order valence-corrected chi connectivity index (χ1v) is 12.5. The van der Waals surface area contributed by atoms with Crippen molar-refractivity contribution in [3.05, 3.63) is 48.2 Å². The predicted octanol–water partition coefficient (Wildman–Crippen LogP) is 4.58. The van der Waals surface area contributed by atoms with E-state index in [1.165, 1.54) is 11.1 Å². The second kappa shape index (κ2) is 7.36. The van der Waals surface area contributed by atoms with Crippen LogP contribution < -0.4 is 5.73 Å². The van der Waals surface area contributed by atoms with Crippen LogP contribution in [0.2, 0.25) is 25.7 Å². The molecule has 1 heterocycles. The highest BCUT2D eigenvalue weighted by Crippen LogP contribution is 2.32. The maximum absolute atomic E-state index is 5.79. The molecule has 1 aromatic carbocycles. The van der Waals surface area contributed by atoms with Crippen molar-refractivity contribution >= 4 is 24.7 Å². The summed E-state index contributed by atoms with van der Waals surface area (Å²) in [5.41, 5.74) is 10.9. The van der Waals surface area contributed by atoms with E-state index in [-0.39, 0.29) is 0 Å². The SMILES string of the molecule is C#Cc1nn(COCC[Si](C)(C)C)c2ccc(N)cc12.c1cc2cc-2c1. The number of benzene rings is 2. The number of nitrogen functional groups attached to an aromatic ring is 1. The lowest BCUT2D eigenvalue weighted by Gasteiger charge is -2.15. The number of nitrogens with zero attached hydrogens (tertiary/aromatic N) is 2. The van der Waals surface area contributed by atoms with Gasteiger partial charge in [-0.3, -0.25) is 0 Å². The standard InChI is InChI=1S/C15H21N3OSi.C6H4/c1-5-14-13-10-12(16)6-7-15(13)18(17-14)11-19-8-9-20(2,3)4;1-2-5-4-6(5)3-1/h1,6-7,10H,8-9,11,16H2,2-4H3;1-4H. The average molecular weight is 364 g/mol. The van der Waals surface area contributed by atoms with Gasteiger partial charge >= 0.3 is 0 Å². The van der Waals surface area contributed by atoms with Crippen molar-refractivity contribution in [2.75, 3.05) is 12.3 Å². The van der Waals surface area contributed by atoms with Gasteiger partial charge in [0.1, 0.15) is 12.4 Å². The van der Waals surface area contributed by atoms with E-state index in [0.29, 0.717) is 18.1 Å². The molecule has 134 valence electrons. The van der Waals surface area contributed by atoms with Gasteiger partial charge in [-0.2, -0.15) is 5.10 Å². The molecule has 0 saturated heterocycles. The van der Waals surface area contributed by atoms with Gasteiger partial charge in [-0.1, -0.05) is 37.8 Å². The van der Waals surface area contributed by atoms with E-state index >= 15 is 0 Å². The molecule has 2 aromatic rings.